The molecular weight excluding hydrogens is 477 g/mol. The summed E-state index contributed by atoms with van der Waals surface area (Å²) in [5, 5.41) is 11.4. The second-order valence-electron chi connectivity index (χ2n) is 7.73. The van der Waals surface area contributed by atoms with Crippen LogP contribution in [0.3, 0.4) is 0 Å². The fourth-order valence-corrected chi connectivity index (χ4v) is 3.51. The topological polar surface area (TPSA) is 63.5 Å². The molecule has 1 aliphatic rings. The molecule has 1 fully saturated rings. The zero-order chi connectivity index (χ0) is 20.1. The molecule has 6 nitrogen and oxygen atoms in total. The van der Waals surface area contributed by atoms with Crippen LogP contribution in [0.15, 0.2) is 29.3 Å². The largest absolute Gasteiger partial charge is 0.490 e. The van der Waals surface area contributed by atoms with Gasteiger partial charge in [0, 0.05) is 37.9 Å². The lowest BCUT2D eigenvalue weighted by Gasteiger charge is -2.27. The van der Waals surface area contributed by atoms with Crippen molar-refractivity contribution in [1.29, 1.82) is 0 Å². The van der Waals surface area contributed by atoms with Crippen LogP contribution >= 0.6 is 24.0 Å². The van der Waals surface area contributed by atoms with Crippen molar-refractivity contribution in [3.63, 3.8) is 0 Å². The van der Waals surface area contributed by atoms with Gasteiger partial charge in [-0.2, -0.15) is 5.10 Å². The summed E-state index contributed by atoms with van der Waals surface area (Å²) in [5.74, 6) is 1.77. The van der Waals surface area contributed by atoms with Gasteiger partial charge in [-0.05, 0) is 58.1 Å². The molecule has 7 heteroatoms. The van der Waals surface area contributed by atoms with Crippen molar-refractivity contribution in [3.05, 3.63) is 46.8 Å². The Morgan fingerprint density at radius 2 is 2.03 bits per heavy atom. The van der Waals surface area contributed by atoms with E-state index in [1.807, 2.05) is 17.8 Å². The molecule has 1 unspecified atom stereocenters. The second-order valence-corrected chi connectivity index (χ2v) is 7.73. The first-order valence-electron chi connectivity index (χ1n) is 10.2. The zero-order valence-corrected chi connectivity index (χ0v) is 20.5. The van der Waals surface area contributed by atoms with Gasteiger partial charge in [-0.3, -0.25) is 9.67 Å². The molecule has 0 radical (unpaired) electrons. The minimum absolute atomic E-state index is 0. The number of aryl methyl sites for hydroxylation is 2. The molecule has 29 heavy (non-hydrogen) atoms. The molecular formula is C22H34IN5O. The molecule has 1 saturated carbocycles. The van der Waals surface area contributed by atoms with E-state index in [9.17, 15) is 0 Å². The summed E-state index contributed by atoms with van der Waals surface area (Å²) >= 11 is 0. The molecule has 0 aliphatic heterocycles. The molecule has 2 aromatic rings. The maximum absolute atomic E-state index is 6.13. The van der Waals surface area contributed by atoms with E-state index in [0.29, 0.717) is 12.6 Å². The third kappa shape index (κ3) is 6.10. The number of nitrogens with one attached hydrogen (secondary N) is 2. The van der Waals surface area contributed by atoms with E-state index in [2.05, 4.69) is 59.7 Å². The number of para-hydroxylation sites is 1. The molecule has 1 aromatic carbocycles. The average molecular weight is 511 g/mol. The number of ether oxygens (including phenoxy) is 1. The highest BCUT2D eigenvalue weighted by Gasteiger charge is 2.20. The summed E-state index contributed by atoms with van der Waals surface area (Å²) < 4.78 is 8.07. The third-order valence-electron chi connectivity index (χ3n) is 5.54. The predicted octanol–water partition coefficient (Wildman–Crippen LogP) is 3.88. The Bertz CT molecular complexity index is 829. The van der Waals surface area contributed by atoms with Crippen LogP contribution in [0.1, 0.15) is 48.7 Å². The van der Waals surface area contributed by atoms with Gasteiger partial charge in [0.15, 0.2) is 5.96 Å². The van der Waals surface area contributed by atoms with E-state index >= 15 is 0 Å². The van der Waals surface area contributed by atoms with Crippen molar-refractivity contribution in [3.8, 4) is 5.75 Å². The first kappa shape index (κ1) is 23.5. The van der Waals surface area contributed by atoms with E-state index in [1.165, 1.54) is 17.7 Å². The van der Waals surface area contributed by atoms with E-state index in [1.54, 1.807) is 7.05 Å². The summed E-state index contributed by atoms with van der Waals surface area (Å²) in [5.41, 5.74) is 4.77. The molecule has 1 aromatic heterocycles. The highest BCUT2D eigenvalue weighted by molar-refractivity contribution is 14.0. The highest BCUT2D eigenvalue weighted by atomic mass is 127. The van der Waals surface area contributed by atoms with Crippen LogP contribution in [0.2, 0.25) is 0 Å². The maximum atomic E-state index is 6.13. The van der Waals surface area contributed by atoms with E-state index in [-0.39, 0.29) is 30.0 Å². The molecule has 1 heterocycles. The normalized spacial score (nSPS) is 15.3. The molecule has 0 spiro atoms. The molecule has 0 saturated heterocycles. The quantitative estimate of drug-likeness (QED) is 0.337. The second kappa shape index (κ2) is 10.8. The molecule has 1 atom stereocenters. The fourth-order valence-electron chi connectivity index (χ4n) is 3.51. The van der Waals surface area contributed by atoms with Crippen molar-refractivity contribution in [2.75, 3.05) is 7.05 Å². The van der Waals surface area contributed by atoms with E-state index < -0.39 is 0 Å². The van der Waals surface area contributed by atoms with Gasteiger partial charge in [0.25, 0.3) is 0 Å². The number of hydrogen-bond acceptors (Lipinski definition) is 3. The Morgan fingerprint density at radius 3 is 2.62 bits per heavy atom. The van der Waals surface area contributed by atoms with Gasteiger partial charge in [-0.1, -0.05) is 18.2 Å². The van der Waals surface area contributed by atoms with Gasteiger partial charge >= 0.3 is 0 Å². The first-order chi connectivity index (χ1) is 13.5. The van der Waals surface area contributed by atoms with Gasteiger partial charge in [-0.15, -0.1) is 24.0 Å². The molecule has 160 valence electrons. The Balaban J connectivity index is 0.00000300. The van der Waals surface area contributed by atoms with Crippen molar-refractivity contribution in [2.24, 2.45) is 12.0 Å². The third-order valence-corrected chi connectivity index (χ3v) is 5.54. The smallest absolute Gasteiger partial charge is 0.191 e. The zero-order valence-electron chi connectivity index (χ0n) is 18.2. The molecule has 1 aliphatic carbocycles. The van der Waals surface area contributed by atoms with Crippen LogP contribution in [0, 0.1) is 13.8 Å². The molecule has 2 N–H and O–H groups in total. The van der Waals surface area contributed by atoms with Crippen molar-refractivity contribution >= 4 is 29.9 Å². The maximum Gasteiger partial charge on any atom is 0.191 e. The summed E-state index contributed by atoms with van der Waals surface area (Å²) in [7, 11) is 3.80. The number of aliphatic imine (C=N–C) groups is 1. The Labute approximate surface area is 191 Å². The number of hydrogen-bond donors (Lipinski definition) is 2. The summed E-state index contributed by atoms with van der Waals surface area (Å²) in [6, 6.07) is 8.50. The van der Waals surface area contributed by atoms with Crippen LogP contribution in [0.5, 0.6) is 5.75 Å². The van der Waals surface area contributed by atoms with E-state index in [0.717, 1.165) is 42.2 Å². The number of halogens is 1. The number of rotatable bonds is 7. The van der Waals surface area contributed by atoms with Crippen molar-refractivity contribution in [2.45, 2.75) is 65.1 Å². The number of aromatic nitrogens is 2. The van der Waals surface area contributed by atoms with Crippen molar-refractivity contribution in [1.82, 2.24) is 20.4 Å². The fraction of sp³-hybridized carbons (Fsp3) is 0.545. The van der Waals surface area contributed by atoms with E-state index in [4.69, 9.17) is 4.74 Å². The summed E-state index contributed by atoms with van der Waals surface area (Å²) in [6.07, 6.45) is 4.89. The monoisotopic (exact) mass is 511 g/mol. The molecule has 0 amide bonds. The number of nitrogens with zero attached hydrogens (tertiary/aromatic N) is 3. The summed E-state index contributed by atoms with van der Waals surface area (Å²) in [6.45, 7) is 7.04. The Kier molecular flexibility index (Phi) is 8.79. The van der Waals surface area contributed by atoms with Crippen molar-refractivity contribution < 1.29 is 4.74 Å². The first-order valence-corrected chi connectivity index (χ1v) is 10.2. The lowest BCUT2D eigenvalue weighted by atomic mass is 9.96. The highest BCUT2D eigenvalue weighted by Crippen LogP contribution is 2.27. The Morgan fingerprint density at radius 1 is 1.31 bits per heavy atom. The van der Waals surface area contributed by atoms with Gasteiger partial charge in [0.05, 0.1) is 11.8 Å². The SMILES string of the molecule is CN=C(NCc1ccccc1OC1CCC1)NC(C)Cc1c(C)nn(C)c1C.I. The minimum Gasteiger partial charge on any atom is -0.490 e. The van der Waals surface area contributed by atoms with Crippen LogP contribution < -0.4 is 15.4 Å². The predicted molar refractivity (Wildman–Crippen MR) is 129 cm³/mol. The molecule has 3 rings (SSSR count). The number of guanidine groups is 1. The average Bonchev–Trinajstić information content (AvgIpc) is 2.88. The van der Waals surface area contributed by atoms with Gasteiger partial charge in [-0.25, -0.2) is 0 Å². The minimum atomic E-state index is 0. The lowest BCUT2D eigenvalue weighted by Crippen LogP contribution is -2.42. The number of benzene rings is 1. The van der Waals surface area contributed by atoms with Crippen LogP contribution in [0.4, 0.5) is 0 Å². The van der Waals surface area contributed by atoms with Gasteiger partial charge in [0.1, 0.15) is 5.75 Å². The van der Waals surface area contributed by atoms with Crippen LogP contribution in [-0.2, 0) is 20.0 Å². The van der Waals surface area contributed by atoms with Crippen LogP contribution in [0.25, 0.3) is 0 Å². The molecule has 0 bridgehead atoms. The standard InChI is InChI=1S/C22H33N5O.HI/c1-15(13-20-16(2)26-27(5)17(20)3)25-22(23-4)24-14-18-9-6-7-12-21(18)28-19-10-8-11-19;/h6-7,9,12,15,19H,8,10-11,13-14H2,1-5H3,(H2,23,24,25);1H. The van der Waals surface area contributed by atoms with Crippen LogP contribution in [-0.4, -0.2) is 34.9 Å². The summed E-state index contributed by atoms with van der Waals surface area (Å²) in [4.78, 5) is 4.39. The Hall–Kier alpha value is -1.77. The van der Waals surface area contributed by atoms with Gasteiger partial charge in [0.2, 0.25) is 0 Å². The lowest BCUT2D eigenvalue weighted by molar-refractivity contribution is 0.119. The van der Waals surface area contributed by atoms with Gasteiger partial charge < -0.3 is 15.4 Å².